The molecule has 3 aromatic rings. The Bertz CT molecular complexity index is 944. The van der Waals surface area contributed by atoms with Crippen LogP contribution in [0, 0.1) is 0 Å². The van der Waals surface area contributed by atoms with E-state index in [9.17, 15) is 0 Å². The lowest BCUT2D eigenvalue weighted by atomic mass is 10.0. The lowest BCUT2D eigenvalue weighted by Gasteiger charge is -2.19. The smallest absolute Gasteiger partial charge is 0.203 e. The van der Waals surface area contributed by atoms with Gasteiger partial charge in [-0.15, -0.1) is 5.48 Å². The van der Waals surface area contributed by atoms with Gasteiger partial charge in [0.05, 0.1) is 27.5 Å². The number of benzene rings is 2. The average molecular weight is 370 g/mol. The number of ether oxygens (including phenoxy) is 4. The molecule has 0 saturated heterocycles. The van der Waals surface area contributed by atoms with Gasteiger partial charge in [0.15, 0.2) is 35.5 Å². The fraction of sp³-hybridized carbons (Fsp3) is 0.211. The molecular weight excluding hydrogens is 352 g/mol. The number of nitrogens with one attached hydrogen (secondary N) is 1. The number of nitrogens with zero attached hydrogens (tertiary/aromatic N) is 1. The molecule has 2 heterocycles. The SMILES string of the molecule is COc1cc(-c2oncc2-c2ccc3c(c2)OCNO3)cc(OC)c1OC. The molecular formula is C19H18N2O6. The van der Waals surface area contributed by atoms with Gasteiger partial charge in [-0.2, -0.15) is 0 Å². The summed E-state index contributed by atoms with van der Waals surface area (Å²) in [5.74, 6) is 3.41. The molecule has 0 radical (unpaired) electrons. The van der Waals surface area contributed by atoms with E-state index >= 15 is 0 Å². The number of hydrogen-bond donors (Lipinski definition) is 1. The third-order valence-corrected chi connectivity index (χ3v) is 4.22. The van der Waals surface area contributed by atoms with Crippen LogP contribution in [0.15, 0.2) is 41.1 Å². The fourth-order valence-corrected chi connectivity index (χ4v) is 2.95. The van der Waals surface area contributed by atoms with Crippen molar-refractivity contribution in [2.75, 3.05) is 28.1 Å². The lowest BCUT2D eigenvalue weighted by Crippen LogP contribution is -2.28. The minimum Gasteiger partial charge on any atom is -0.493 e. The van der Waals surface area contributed by atoms with E-state index in [0.29, 0.717) is 34.5 Å². The largest absolute Gasteiger partial charge is 0.493 e. The Hall–Kier alpha value is -3.39. The Labute approximate surface area is 155 Å². The summed E-state index contributed by atoms with van der Waals surface area (Å²) < 4.78 is 27.3. The summed E-state index contributed by atoms with van der Waals surface area (Å²) in [5.41, 5.74) is 5.10. The Morgan fingerprint density at radius 1 is 0.926 bits per heavy atom. The van der Waals surface area contributed by atoms with Crippen LogP contribution in [-0.4, -0.2) is 33.2 Å². The molecule has 0 saturated carbocycles. The quantitative estimate of drug-likeness (QED) is 0.733. The zero-order chi connectivity index (χ0) is 18.8. The molecule has 0 spiro atoms. The molecule has 1 aromatic heterocycles. The topological polar surface area (TPSA) is 84.2 Å². The molecule has 1 aliphatic heterocycles. The molecule has 1 N–H and O–H groups in total. The lowest BCUT2D eigenvalue weighted by molar-refractivity contribution is 0.0767. The number of aromatic nitrogens is 1. The van der Waals surface area contributed by atoms with Crippen molar-refractivity contribution >= 4 is 0 Å². The molecule has 0 amide bonds. The average Bonchev–Trinajstić information content (AvgIpc) is 3.22. The highest BCUT2D eigenvalue weighted by Gasteiger charge is 2.21. The summed E-state index contributed by atoms with van der Waals surface area (Å²) in [6, 6.07) is 9.23. The Morgan fingerprint density at radius 3 is 2.41 bits per heavy atom. The maximum atomic E-state index is 5.57. The van der Waals surface area contributed by atoms with Crippen LogP contribution in [0.5, 0.6) is 28.7 Å². The zero-order valence-electron chi connectivity index (χ0n) is 15.1. The van der Waals surface area contributed by atoms with Gasteiger partial charge in [-0.1, -0.05) is 11.2 Å². The van der Waals surface area contributed by atoms with E-state index in [1.54, 1.807) is 27.5 Å². The van der Waals surface area contributed by atoms with Crippen LogP contribution in [-0.2, 0) is 0 Å². The summed E-state index contributed by atoms with van der Waals surface area (Å²) >= 11 is 0. The summed E-state index contributed by atoms with van der Waals surface area (Å²) in [6.07, 6.45) is 1.65. The molecule has 8 heteroatoms. The van der Waals surface area contributed by atoms with Gasteiger partial charge in [0.25, 0.3) is 0 Å². The summed E-state index contributed by atoms with van der Waals surface area (Å²) in [4.78, 5) is 5.34. The second-order valence-corrected chi connectivity index (χ2v) is 5.68. The van der Waals surface area contributed by atoms with Gasteiger partial charge in [0, 0.05) is 11.1 Å². The first-order valence-electron chi connectivity index (χ1n) is 8.17. The molecule has 1 aliphatic rings. The van der Waals surface area contributed by atoms with Crippen LogP contribution in [0.3, 0.4) is 0 Å². The summed E-state index contributed by atoms with van der Waals surface area (Å²) in [6.45, 7) is 0.278. The highest BCUT2D eigenvalue weighted by Crippen LogP contribution is 2.44. The van der Waals surface area contributed by atoms with Gasteiger partial charge < -0.3 is 28.3 Å². The van der Waals surface area contributed by atoms with Gasteiger partial charge in [0.2, 0.25) is 5.75 Å². The fourth-order valence-electron chi connectivity index (χ4n) is 2.95. The number of hydroxylamine groups is 1. The molecule has 2 aromatic carbocycles. The van der Waals surface area contributed by atoms with Crippen molar-refractivity contribution in [2.24, 2.45) is 0 Å². The van der Waals surface area contributed by atoms with Crippen molar-refractivity contribution in [3.63, 3.8) is 0 Å². The molecule has 0 fully saturated rings. The summed E-state index contributed by atoms with van der Waals surface area (Å²) in [7, 11) is 4.69. The number of methoxy groups -OCH3 is 3. The molecule has 0 bridgehead atoms. The normalized spacial score (nSPS) is 12.6. The van der Waals surface area contributed by atoms with Gasteiger partial charge >= 0.3 is 0 Å². The van der Waals surface area contributed by atoms with E-state index in [-0.39, 0.29) is 6.73 Å². The number of rotatable bonds is 5. The molecule has 0 atom stereocenters. The van der Waals surface area contributed by atoms with Crippen molar-refractivity contribution in [3.05, 3.63) is 36.5 Å². The van der Waals surface area contributed by atoms with Crippen LogP contribution >= 0.6 is 0 Å². The summed E-state index contributed by atoms with van der Waals surface area (Å²) in [5, 5.41) is 3.97. The number of fused-ring (bicyclic) bond motifs is 1. The minimum absolute atomic E-state index is 0.278. The maximum absolute atomic E-state index is 5.57. The van der Waals surface area contributed by atoms with E-state index in [2.05, 4.69) is 10.6 Å². The third kappa shape index (κ3) is 3.00. The van der Waals surface area contributed by atoms with Gasteiger partial charge in [-0.05, 0) is 29.8 Å². The molecule has 27 heavy (non-hydrogen) atoms. The predicted molar refractivity (Wildman–Crippen MR) is 96.3 cm³/mol. The first kappa shape index (κ1) is 17.0. The highest BCUT2D eigenvalue weighted by molar-refractivity contribution is 5.82. The van der Waals surface area contributed by atoms with Crippen LogP contribution in [0.1, 0.15) is 0 Å². The second-order valence-electron chi connectivity index (χ2n) is 5.68. The van der Waals surface area contributed by atoms with Crippen molar-refractivity contribution in [3.8, 4) is 51.2 Å². The van der Waals surface area contributed by atoms with Gasteiger partial charge in [-0.25, -0.2) is 0 Å². The highest BCUT2D eigenvalue weighted by atomic mass is 16.7. The van der Waals surface area contributed by atoms with Crippen molar-refractivity contribution in [2.45, 2.75) is 0 Å². The predicted octanol–water partition coefficient (Wildman–Crippen LogP) is 3.27. The monoisotopic (exact) mass is 370 g/mol. The molecule has 140 valence electrons. The van der Waals surface area contributed by atoms with E-state index in [1.807, 2.05) is 30.3 Å². The first-order valence-corrected chi connectivity index (χ1v) is 8.17. The molecule has 0 unspecified atom stereocenters. The van der Waals surface area contributed by atoms with Crippen LogP contribution < -0.4 is 29.3 Å². The van der Waals surface area contributed by atoms with Crippen molar-refractivity contribution in [1.29, 1.82) is 0 Å². The molecule has 4 rings (SSSR count). The third-order valence-electron chi connectivity index (χ3n) is 4.22. The van der Waals surface area contributed by atoms with E-state index in [1.165, 1.54) is 0 Å². The second kappa shape index (κ2) is 7.08. The minimum atomic E-state index is 0.278. The first-order chi connectivity index (χ1) is 13.2. The van der Waals surface area contributed by atoms with E-state index < -0.39 is 0 Å². The standard InChI is InChI=1S/C19H18N2O6/c1-22-16-7-12(8-17(23-2)19(16)24-3)18-13(9-20-27-18)11-4-5-14-15(6-11)25-10-21-26-14/h4-9,21H,10H2,1-3H3. The van der Waals surface area contributed by atoms with Crippen molar-refractivity contribution in [1.82, 2.24) is 10.6 Å². The maximum Gasteiger partial charge on any atom is 0.203 e. The van der Waals surface area contributed by atoms with Crippen LogP contribution in [0.25, 0.3) is 22.5 Å². The molecule has 0 aliphatic carbocycles. The molecule has 8 nitrogen and oxygen atoms in total. The Kier molecular flexibility index (Phi) is 4.47. The van der Waals surface area contributed by atoms with Crippen molar-refractivity contribution < 1.29 is 28.3 Å². The Balaban J connectivity index is 1.81. The van der Waals surface area contributed by atoms with Crippen LogP contribution in [0.4, 0.5) is 0 Å². The van der Waals surface area contributed by atoms with E-state index in [4.69, 9.17) is 28.3 Å². The number of hydrogen-bond acceptors (Lipinski definition) is 8. The Morgan fingerprint density at radius 2 is 1.70 bits per heavy atom. The van der Waals surface area contributed by atoms with Gasteiger partial charge in [0.1, 0.15) is 0 Å². The van der Waals surface area contributed by atoms with Gasteiger partial charge in [-0.3, -0.25) is 0 Å². The van der Waals surface area contributed by atoms with Crippen LogP contribution in [0.2, 0.25) is 0 Å². The zero-order valence-corrected chi connectivity index (χ0v) is 15.1. The van der Waals surface area contributed by atoms with E-state index in [0.717, 1.165) is 16.7 Å².